The van der Waals surface area contributed by atoms with E-state index in [1.54, 1.807) is 12.1 Å². The number of benzene rings is 4. The standard InChI is InChI=1S/C29H22ClN3O6/c1-37-26-11-10-22(33(35)36)15-25(26)32-29(34)21(16-31)12-18-13-24(30)28(27(14-18)38-2)39-17-20-8-5-7-19-6-3-4-9-23(19)20/h3-15H,17H2,1-2H3,(H,32,34)/b21-12+. The van der Waals surface area contributed by atoms with Crippen molar-refractivity contribution in [3.05, 3.63) is 105 Å². The van der Waals surface area contributed by atoms with Gasteiger partial charge in [0.2, 0.25) is 0 Å². The number of hydrogen-bond acceptors (Lipinski definition) is 7. The summed E-state index contributed by atoms with van der Waals surface area (Å²) in [6, 6.07) is 22.6. The topological polar surface area (TPSA) is 124 Å². The summed E-state index contributed by atoms with van der Waals surface area (Å²) in [7, 11) is 2.81. The van der Waals surface area contributed by atoms with E-state index < -0.39 is 10.8 Å². The monoisotopic (exact) mass is 543 g/mol. The van der Waals surface area contributed by atoms with Gasteiger partial charge >= 0.3 is 0 Å². The molecule has 1 N–H and O–H groups in total. The third-order valence-corrected chi connectivity index (χ3v) is 6.10. The average Bonchev–Trinajstić information content (AvgIpc) is 2.94. The maximum Gasteiger partial charge on any atom is 0.271 e. The van der Waals surface area contributed by atoms with Crippen LogP contribution in [0, 0.1) is 21.4 Å². The van der Waals surface area contributed by atoms with Crippen LogP contribution >= 0.6 is 11.6 Å². The van der Waals surface area contributed by atoms with Crippen molar-refractivity contribution >= 4 is 45.7 Å². The van der Waals surface area contributed by atoms with E-state index in [4.69, 9.17) is 25.8 Å². The highest BCUT2D eigenvalue weighted by atomic mass is 35.5. The lowest BCUT2D eigenvalue weighted by Gasteiger charge is -2.15. The van der Waals surface area contributed by atoms with Crippen molar-refractivity contribution in [2.24, 2.45) is 0 Å². The molecule has 10 heteroatoms. The Bertz CT molecular complexity index is 1640. The molecule has 0 aliphatic heterocycles. The van der Waals surface area contributed by atoms with E-state index in [1.807, 2.05) is 48.5 Å². The third kappa shape index (κ3) is 6.09. The molecule has 4 aromatic rings. The molecule has 4 rings (SSSR count). The number of ether oxygens (including phenoxy) is 3. The SMILES string of the molecule is COc1ccc([N+](=O)[O-])cc1NC(=O)/C(C#N)=C/c1cc(Cl)c(OCc2cccc3ccccc23)c(OC)c1. The number of nitro benzene ring substituents is 1. The Morgan fingerprint density at radius 2 is 1.79 bits per heavy atom. The molecule has 0 atom stereocenters. The summed E-state index contributed by atoms with van der Waals surface area (Å²) in [4.78, 5) is 23.4. The quantitative estimate of drug-likeness (QED) is 0.110. The minimum atomic E-state index is -0.789. The zero-order valence-electron chi connectivity index (χ0n) is 20.9. The van der Waals surface area contributed by atoms with Gasteiger partial charge in [-0.25, -0.2) is 0 Å². The maximum absolute atomic E-state index is 12.9. The van der Waals surface area contributed by atoms with Crippen molar-refractivity contribution in [1.29, 1.82) is 5.26 Å². The number of amides is 1. The zero-order chi connectivity index (χ0) is 27.9. The number of halogens is 1. The molecule has 0 aliphatic rings. The summed E-state index contributed by atoms with van der Waals surface area (Å²) in [6.45, 7) is 0.240. The van der Waals surface area contributed by atoms with Crippen LogP contribution in [0.15, 0.2) is 78.4 Å². The first-order valence-corrected chi connectivity index (χ1v) is 11.9. The van der Waals surface area contributed by atoms with Gasteiger partial charge in [0.05, 0.1) is 29.9 Å². The molecule has 196 valence electrons. The van der Waals surface area contributed by atoms with E-state index in [2.05, 4.69) is 5.32 Å². The molecule has 0 unspecified atom stereocenters. The maximum atomic E-state index is 12.9. The largest absolute Gasteiger partial charge is 0.495 e. The summed E-state index contributed by atoms with van der Waals surface area (Å²) < 4.78 is 16.7. The van der Waals surface area contributed by atoms with E-state index in [1.165, 1.54) is 32.4 Å². The summed E-state index contributed by atoms with van der Waals surface area (Å²) in [5.74, 6) is 0.0342. The van der Waals surface area contributed by atoms with Crippen molar-refractivity contribution < 1.29 is 23.9 Å². The molecule has 0 fully saturated rings. The first-order valence-electron chi connectivity index (χ1n) is 11.6. The van der Waals surface area contributed by atoms with E-state index in [0.717, 1.165) is 22.4 Å². The molecule has 0 aliphatic carbocycles. The molecule has 4 aromatic carbocycles. The zero-order valence-corrected chi connectivity index (χ0v) is 21.7. The van der Waals surface area contributed by atoms with Crippen molar-refractivity contribution in [1.82, 2.24) is 0 Å². The second-order valence-corrected chi connectivity index (χ2v) is 8.63. The molecule has 0 aromatic heterocycles. The van der Waals surface area contributed by atoms with Gasteiger partial charge < -0.3 is 19.5 Å². The lowest BCUT2D eigenvalue weighted by Crippen LogP contribution is -2.14. The van der Waals surface area contributed by atoms with Crippen molar-refractivity contribution in [2.75, 3.05) is 19.5 Å². The fraction of sp³-hybridized carbons (Fsp3) is 0.103. The van der Waals surface area contributed by atoms with Crippen molar-refractivity contribution in [2.45, 2.75) is 6.61 Å². The fourth-order valence-corrected chi connectivity index (χ4v) is 4.22. The van der Waals surface area contributed by atoms with E-state index in [9.17, 15) is 20.2 Å². The summed E-state index contributed by atoms with van der Waals surface area (Å²) in [5, 5.41) is 25.6. The minimum Gasteiger partial charge on any atom is -0.495 e. The van der Waals surface area contributed by atoms with Crippen LogP contribution in [0.25, 0.3) is 16.8 Å². The van der Waals surface area contributed by atoms with Crippen LogP contribution in [0.1, 0.15) is 11.1 Å². The Morgan fingerprint density at radius 1 is 1.05 bits per heavy atom. The minimum absolute atomic E-state index is 0.0469. The Balaban J connectivity index is 1.58. The predicted octanol–water partition coefficient (Wildman–Crippen LogP) is 6.54. The average molecular weight is 544 g/mol. The molecule has 0 saturated heterocycles. The van der Waals surface area contributed by atoms with Gasteiger partial charge in [0.15, 0.2) is 11.5 Å². The van der Waals surface area contributed by atoms with Gasteiger partial charge in [-0.05, 0) is 46.2 Å². The van der Waals surface area contributed by atoms with Crippen LogP contribution < -0.4 is 19.5 Å². The second-order valence-electron chi connectivity index (χ2n) is 8.23. The van der Waals surface area contributed by atoms with E-state index >= 15 is 0 Å². The predicted molar refractivity (Wildman–Crippen MR) is 148 cm³/mol. The molecule has 0 bridgehead atoms. The Labute approximate surface area is 228 Å². The van der Waals surface area contributed by atoms with E-state index in [-0.39, 0.29) is 34.3 Å². The third-order valence-electron chi connectivity index (χ3n) is 5.82. The number of methoxy groups -OCH3 is 2. The van der Waals surface area contributed by atoms with Gasteiger partial charge in [-0.3, -0.25) is 14.9 Å². The van der Waals surface area contributed by atoms with Gasteiger partial charge in [0.1, 0.15) is 24.0 Å². The number of fused-ring (bicyclic) bond motifs is 1. The first-order chi connectivity index (χ1) is 18.8. The van der Waals surface area contributed by atoms with Crippen LogP contribution in [0.3, 0.4) is 0 Å². The number of non-ortho nitro benzene ring substituents is 1. The first kappa shape index (κ1) is 27.0. The number of anilines is 1. The lowest BCUT2D eigenvalue weighted by atomic mass is 10.1. The molecule has 0 saturated carbocycles. The molecule has 9 nitrogen and oxygen atoms in total. The molecular weight excluding hydrogens is 522 g/mol. The van der Waals surface area contributed by atoms with E-state index in [0.29, 0.717) is 17.1 Å². The highest BCUT2D eigenvalue weighted by molar-refractivity contribution is 6.32. The number of rotatable bonds is 9. The lowest BCUT2D eigenvalue weighted by molar-refractivity contribution is -0.384. The number of carbonyl (C=O) groups is 1. The second kappa shape index (κ2) is 12.0. The Morgan fingerprint density at radius 3 is 2.51 bits per heavy atom. The normalized spacial score (nSPS) is 11.0. The Kier molecular flexibility index (Phi) is 8.29. The molecule has 0 radical (unpaired) electrons. The molecule has 39 heavy (non-hydrogen) atoms. The van der Waals surface area contributed by atoms with Gasteiger partial charge in [-0.1, -0.05) is 54.1 Å². The number of nitrogens with one attached hydrogen (secondary N) is 1. The Hall–Kier alpha value is -5.07. The van der Waals surface area contributed by atoms with Crippen molar-refractivity contribution in [3.63, 3.8) is 0 Å². The van der Waals surface area contributed by atoms with Gasteiger partial charge in [-0.15, -0.1) is 0 Å². The smallest absolute Gasteiger partial charge is 0.271 e. The van der Waals surface area contributed by atoms with Crippen molar-refractivity contribution in [3.8, 4) is 23.3 Å². The van der Waals surface area contributed by atoms with Crippen LogP contribution in [-0.4, -0.2) is 25.1 Å². The fourth-order valence-electron chi connectivity index (χ4n) is 3.94. The molecule has 1 amide bonds. The number of hydrogen-bond donors (Lipinski definition) is 1. The van der Waals surface area contributed by atoms with Crippen LogP contribution in [0.2, 0.25) is 5.02 Å². The van der Waals surface area contributed by atoms with Crippen LogP contribution in [0.4, 0.5) is 11.4 Å². The molecular formula is C29H22ClN3O6. The highest BCUT2D eigenvalue weighted by Crippen LogP contribution is 2.38. The number of nitrogens with zero attached hydrogens (tertiary/aromatic N) is 2. The van der Waals surface area contributed by atoms with Gasteiger partial charge in [0, 0.05) is 12.1 Å². The number of carbonyl (C=O) groups excluding carboxylic acids is 1. The highest BCUT2D eigenvalue weighted by Gasteiger charge is 2.18. The number of nitro groups is 1. The summed E-state index contributed by atoms with van der Waals surface area (Å²) in [5.41, 5.74) is 0.906. The van der Waals surface area contributed by atoms with Crippen LogP contribution in [0.5, 0.6) is 17.2 Å². The van der Waals surface area contributed by atoms with Gasteiger partial charge in [-0.2, -0.15) is 5.26 Å². The molecule has 0 spiro atoms. The summed E-state index contributed by atoms with van der Waals surface area (Å²) in [6.07, 6.45) is 1.32. The summed E-state index contributed by atoms with van der Waals surface area (Å²) >= 11 is 6.52. The molecule has 0 heterocycles. The van der Waals surface area contributed by atoms with Gasteiger partial charge in [0.25, 0.3) is 11.6 Å². The number of nitriles is 1. The van der Waals surface area contributed by atoms with Crippen LogP contribution in [-0.2, 0) is 11.4 Å².